The van der Waals surface area contributed by atoms with Gasteiger partial charge in [-0.2, -0.15) is 0 Å². The number of benzene rings is 2. The van der Waals surface area contributed by atoms with Gasteiger partial charge in [-0.25, -0.2) is 0 Å². The second kappa shape index (κ2) is 9.15. The molecule has 1 aliphatic heterocycles. The number of carbonyl (C=O) groups is 1. The summed E-state index contributed by atoms with van der Waals surface area (Å²) in [5.74, 6) is -0.0985. The fourth-order valence-corrected chi connectivity index (χ4v) is 4.07. The Morgan fingerprint density at radius 1 is 1.17 bits per heavy atom. The first-order chi connectivity index (χ1) is 14.7. The normalized spacial score (nSPS) is 16.8. The van der Waals surface area contributed by atoms with E-state index in [0.29, 0.717) is 13.1 Å². The van der Waals surface area contributed by atoms with E-state index in [1.807, 2.05) is 42.6 Å². The summed E-state index contributed by atoms with van der Waals surface area (Å²) in [6, 6.07) is 15.3. The minimum atomic E-state index is -0.823. The van der Waals surface area contributed by atoms with Gasteiger partial charge < -0.3 is 14.8 Å². The fourth-order valence-electron chi connectivity index (χ4n) is 4.07. The maximum atomic E-state index is 12.2. The molecule has 6 nitrogen and oxygen atoms in total. The molecule has 0 radical (unpaired) electrons. The van der Waals surface area contributed by atoms with Crippen LogP contribution in [0.4, 0.5) is 0 Å². The van der Waals surface area contributed by atoms with Gasteiger partial charge in [-0.1, -0.05) is 42.5 Å². The van der Waals surface area contributed by atoms with Gasteiger partial charge in [0.2, 0.25) is 0 Å². The van der Waals surface area contributed by atoms with Crippen LogP contribution in [-0.4, -0.2) is 65.7 Å². The minimum Gasteiger partial charge on any atom is -0.497 e. The Labute approximate surface area is 176 Å². The van der Waals surface area contributed by atoms with Crippen molar-refractivity contribution in [3.05, 3.63) is 71.9 Å². The van der Waals surface area contributed by atoms with E-state index in [0.717, 1.165) is 41.9 Å². The first kappa shape index (κ1) is 20.2. The molecule has 1 saturated heterocycles. The van der Waals surface area contributed by atoms with E-state index < -0.39 is 12.0 Å². The molecule has 3 aromatic rings. The number of nitrogens with zero attached hydrogens (tertiary/aromatic N) is 2. The molecular weight excluding hydrogens is 378 g/mol. The first-order valence-corrected chi connectivity index (χ1v) is 10.2. The number of rotatable bonds is 7. The zero-order valence-corrected chi connectivity index (χ0v) is 17.1. The Morgan fingerprint density at radius 2 is 1.93 bits per heavy atom. The molecule has 4 rings (SSSR count). The molecule has 2 heterocycles. The van der Waals surface area contributed by atoms with Crippen molar-refractivity contribution in [2.24, 2.45) is 0 Å². The van der Waals surface area contributed by atoms with Gasteiger partial charge in [0.15, 0.2) is 0 Å². The van der Waals surface area contributed by atoms with Crippen molar-refractivity contribution in [1.29, 1.82) is 0 Å². The van der Waals surface area contributed by atoms with Crippen LogP contribution in [0.3, 0.4) is 0 Å². The molecule has 1 aromatic heterocycles. The van der Waals surface area contributed by atoms with Crippen molar-refractivity contribution in [3.8, 4) is 5.75 Å². The lowest BCUT2D eigenvalue weighted by atomic mass is 10.0. The number of hydrogen-bond acceptors (Lipinski definition) is 4. The Bertz CT molecular complexity index is 1020. The van der Waals surface area contributed by atoms with Crippen molar-refractivity contribution in [3.63, 3.8) is 0 Å². The van der Waals surface area contributed by atoms with Crippen molar-refractivity contribution >= 4 is 22.9 Å². The topological polar surface area (TPSA) is 68.8 Å². The van der Waals surface area contributed by atoms with Crippen molar-refractivity contribution in [1.82, 2.24) is 14.8 Å². The lowest BCUT2D eigenvalue weighted by molar-refractivity contribution is -0.144. The van der Waals surface area contributed by atoms with Crippen molar-refractivity contribution < 1.29 is 14.6 Å². The van der Waals surface area contributed by atoms with Crippen LogP contribution < -0.4 is 4.74 Å². The Morgan fingerprint density at radius 3 is 2.63 bits per heavy atom. The second-order valence-electron chi connectivity index (χ2n) is 7.55. The lowest BCUT2D eigenvalue weighted by Crippen LogP contribution is -2.49. The van der Waals surface area contributed by atoms with E-state index in [-0.39, 0.29) is 0 Å². The number of H-pyrrole nitrogens is 1. The van der Waals surface area contributed by atoms with Crippen LogP contribution >= 0.6 is 0 Å². The number of nitrogens with one attached hydrogen (secondary N) is 1. The summed E-state index contributed by atoms with van der Waals surface area (Å²) < 4.78 is 5.33. The van der Waals surface area contributed by atoms with E-state index in [1.54, 1.807) is 7.11 Å². The van der Waals surface area contributed by atoms with Crippen LogP contribution in [0.1, 0.15) is 17.2 Å². The van der Waals surface area contributed by atoms with E-state index in [4.69, 9.17) is 4.74 Å². The molecule has 1 aliphatic rings. The summed E-state index contributed by atoms with van der Waals surface area (Å²) in [6.45, 7) is 3.98. The zero-order chi connectivity index (χ0) is 20.9. The largest absolute Gasteiger partial charge is 0.497 e. The zero-order valence-electron chi connectivity index (χ0n) is 17.1. The number of piperazine rings is 1. The minimum absolute atomic E-state index is 0.673. The number of carboxylic acids is 1. The van der Waals surface area contributed by atoms with Crippen molar-refractivity contribution in [2.45, 2.75) is 6.04 Å². The molecule has 0 bridgehead atoms. The summed E-state index contributed by atoms with van der Waals surface area (Å²) >= 11 is 0. The van der Waals surface area contributed by atoms with Gasteiger partial charge in [0.1, 0.15) is 11.8 Å². The predicted molar refractivity (Wildman–Crippen MR) is 119 cm³/mol. The number of aromatic nitrogens is 1. The van der Waals surface area contributed by atoms with Crippen molar-refractivity contribution in [2.75, 3.05) is 39.8 Å². The number of methoxy groups -OCH3 is 1. The molecule has 0 amide bonds. The van der Waals surface area contributed by atoms with Crippen LogP contribution in [-0.2, 0) is 4.79 Å². The predicted octanol–water partition coefficient (Wildman–Crippen LogP) is 3.63. The maximum absolute atomic E-state index is 12.2. The summed E-state index contributed by atoms with van der Waals surface area (Å²) in [7, 11) is 1.62. The van der Waals surface area contributed by atoms with Crippen LogP contribution in [0.15, 0.2) is 60.8 Å². The smallest absolute Gasteiger partial charge is 0.325 e. The lowest BCUT2D eigenvalue weighted by Gasteiger charge is -2.37. The number of ether oxygens (including phenoxy) is 1. The summed E-state index contributed by atoms with van der Waals surface area (Å²) in [4.78, 5) is 19.8. The fraction of sp³-hybridized carbons (Fsp3) is 0.292. The molecule has 2 aromatic carbocycles. The molecule has 0 unspecified atom stereocenters. The molecule has 0 saturated carbocycles. The molecule has 6 heteroatoms. The highest BCUT2D eigenvalue weighted by atomic mass is 16.5. The molecule has 2 N–H and O–H groups in total. The average molecular weight is 405 g/mol. The molecule has 30 heavy (non-hydrogen) atoms. The van der Waals surface area contributed by atoms with Gasteiger partial charge in [-0.15, -0.1) is 0 Å². The second-order valence-corrected chi connectivity index (χ2v) is 7.55. The Hall–Kier alpha value is -3.09. The third-order valence-electron chi connectivity index (χ3n) is 5.69. The van der Waals surface area contributed by atoms with Gasteiger partial charge in [0.25, 0.3) is 0 Å². The molecular formula is C24H27N3O3. The molecule has 0 spiro atoms. The molecule has 1 fully saturated rings. The van der Waals surface area contributed by atoms with E-state index in [1.165, 1.54) is 5.56 Å². The quantitative estimate of drug-likeness (QED) is 0.628. The maximum Gasteiger partial charge on any atom is 0.325 e. The van der Waals surface area contributed by atoms with E-state index in [9.17, 15) is 9.90 Å². The first-order valence-electron chi connectivity index (χ1n) is 10.2. The van der Waals surface area contributed by atoms with E-state index in [2.05, 4.69) is 39.1 Å². The van der Waals surface area contributed by atoms with Crippen LogP contribution in [0.5, 0.6) is 5.75 Å². The van der Waals surface area contributed by atoms with Gasteiger partial charge >= 0.3 is 5.97 Å². The number of aliphatic carboxylic acids is 1. The SMILES string of the molecule is COc1ccc2[nH]cc([C@H](C(=O)O)N3CCN(C/C=C/c4ccccc4)CC3)c2c1. The Balaban J connectivity index is 1.43. The third kappa shape index (κ3) is 4.40. The molecule has 0 aliphatic carbocycles. The summed E-state index contributed by atoms with van der Waals surface area (Å²) in [5.41, 5.74) is 2.90. The average Bonchev–Trinajstić information content (AvgIpc) is 3.18. The van der Waals surface area contributed by atoms with E-state index >= 15 is 0 Å². The standard InChI is InChI=1S/C24H27N3O3/c1-30-19-9-10-22-20(16-19)21(17-25-22)23(24(28)29)27-14-12-26(13-15-27)11-5-8-18-6-3-2-4-7-18/h2-10,16-17,23,25H,11-15H2,1H3,(H,28,29)/b8-5+/t23-/m1/s1. The van der Waals surface area contributed by atoms with Crippen LogP contribution in [0.2, 0.25) is 0 Å². The number of aromatic amines is 1. The monoisotopic (exact) mass is 405 g/mol. The number of fused-ring (bicyclic) bond motifs is 1. The van der Waals surface area contributed by atoms with Gasteiger partial charge in [0.05, 0.1) is 7.11 Å². The third-order valence-corrected chi connectivity index (χ3v) is 5.69. The highest BCUT2D eigenvalue weighted by Gasteiger charge is 2.32. The van der Waals surface area contributed by atoms with Crippen LogP contribution in [0, 0.1) is 0 Å². The highest BCUT2D eigenvalue weighted by molar-refractivity contribution is 5.90. The highest BCUT2D eigenvalue weighted by Crippen LogP contribution is 2.31. The molecule has 1 atom stereocenters. The summed E-state index contributed by atoms with van der Waals surface area (Å²) in [5, 5.41) is 10.9. The summed E-state index contributed by atoms with van der Waals surface area (Å²) in [6.07, 6.45) is 6.12. The number of carboxylic acid groups (broad SMARTS) is 1. The van der Waals surface area contributed by atoms with Gasteiger partial charge in [-0.05, 0) is 23.8 Å². The van der Waals surface area contributed by atoms with Gasteiger partial charge in [0, 0.05) is 55.4 Å². The van der Waals surface area contributed by atoms with Gasteiger partial charge in [-0.3, -0.25) is 14.6 Å². The number of hydrogen-bond donors (Lipinski definition) is 2. The van der Waals surface area contributed by atoms with Crippen LogP contribution in [0.25, 0.3) is 17.0 Å². The Kier molecular flexibility index (Phi) is 6.16. The molecule has 156 valence electrons.